The summed E-state index contributed by atoms with van der Waals surface area (Å²) in [7, 11) is 1.55. The quantitative estimate of drug-likeness (QED) is 0.870. The van der Waals surface area contributed by atoms with Gasteiger partial charge in [0, 0.05) is 19.5 Å². The smallest absolute Gasteiger partial charge is 0.358 e. The molecule has 4 nitrogen and oxygen atoms in total. The molecule has 1 fully saturated rings. The summed E-state index contributed by atoms with van der Waals surface area (Å²) in [5.74, 6) is -2.85. The Labute approximate surface area is 109 Å². The Hall–Kier alpha value is -1.03. The normalized spacial score (nSPS) is 23.8. The third kappa shape index (κ3) is 3.11. The van der Waals surface area contributed by atoms with Gasteiger partial charge in [0.05, 0.1) is 6.04 Å². The zero-order valence-electron chi connectivity index (χ0n) is 9.84. The highest BCUT2D eigenvalue weighted by atomic mass is 32.1. The first kappa shape index (κ1) is 14.4. The fraction of sp³-hybridized carbons (Fsp3) is 0.778. The van der Waals surface area contributed by atoms with Crippen LogP contribution in [0.3, 0.4) is 0 Å². The van der Waals surface area contributed by atoms with E-state index in [-0.39, 0.29) is 24.6 Å². The van der Waals surface area contributed by atoms with Crippen LogP contribution in [0.1, 0.15) is 11.4 Å². The van der Waals surface area contributed by atoms with Crippen molar-refractivity contribution in [2.75, 3.05) is 25.5 Å². The molecule has 1 aromatic rings. The molecule has 10 heteroatoms. The highest BCUT2D eigenvalue weighted by Crippen LogP contribution is 2.35. The van der Waals surface area contributed by atoms with Crippen molar-refractivity contribution >= 4 is 16.5 Å². The molecule has 1 atom stereocenters. The Morgan fingerprint density at radius 1 is 1.42 bits per heavy atom. The molecule has 1 saturated heterocycles. The van der Waals surface area contributed by atoms with Crippen molar-refractivity contribution in [3.8, 4) is 0 Å². The second-order valence-corrected chi connectivity index (χ2v) is 5.28. The Balaban J connectivity index is 1.97. The van der Waals surface area contributed by atoms with Crippen LogP contribution in [0.2, 0.25) is 0 Å². The van der Waals surface area contributed by atoms with E-state index in [1.54, 1.807) is 7.05 Å². The highest BCUT2D eigenvalue weighted by molar-refractivity contribution is 7.15. The zero-order valence-corrected chi connectivity index (χ0v) is 10.7. The number of rotatable bonds is 3. The minimum absolute atomic E-state index is 0.108. The molecule has 1 aliphatic rings. The second kappa shape index (κ2) is 4.82. The molecule has 1 aliphatic heterocycles. The van der Waals surface area contributed by atoms with E-state index >= 15 is 0 Å². The molecular weight excluding hydrogens is 291 g/mol. The molecule has 0 bridgehead atoms. The number of nitrogens with one attached hydrogen (secondary N) is 1. The van der Waals surface area contributed by atoms with Gasteiger partial charge >= 0.3 is 6.18 Å². The average molecular weight is 302 g/mol. The van der Waals surface area contributed by atoms with Crippen LogP contribution in [0.15, 0.2) is 0 Å². The van der Waals surface area contributed by atoms with Crippen molar-refractivity contribution < 1.29 is 22.0 Å². The average Bonchev–Trinajstić information content (AvgIpc) is 2.82. The van der Waals surface area contributed by atoms with E-state index in [4.69, 9.17) is 0 Å². The topological polar surface area (TPSA) is 41.0 Å². The maximum absolute atomic E-state index is 13.5. The van der Waals surface area contributed by atoms with E-state index in [0.29, 0.717) is 11.3 Å². The Bertz CT molecular complexity index is 446. The Morgan fingerprint density at radius 3 is 2.58 bits per heavy atom. The fourth-order valence-corrected chi connectivity index (χ4v) is 2.49. The number of aromatic nitrogens is 2. The van der Waals surface area contributed by atoms with Crippen molar-refractivity contribution in [1.29, 1.82) is 0 Å². The SMILES string of the molecule is CN1CCC(F)(F)[C@H]1CNc1nnc(C(F)(F)F)s1. The highest BCUT2D eigenvalue weighted by Gasteiger charge is 2.47. The number of nitrogens with zero attached hydrogens (tertiary/aromatic N) is 3. The molecule has 0 radical (unpaired) electrons. The van der Waals surface area contributed by atoms with Gasteiger partial charge in [0.15, 0.2) is 0 Å². The number of likely N-dealkylation sites (tertiary alicyclic amines) is 1. The summed E-state index contributed by atoms with van der Waals surface area (Å²) >= 11 is 0.303. The molecule has 0 aliphatic carbocycles. The van der Waals surface area contributed by atoms with Gasteiger partial charge in [0.1, 0.15) is 0 Å². The van der Waals surface area contributed by atoms with E-state index in [1.807, 2.05) is 0 Å². The lowest BCUT2D eigenvalue weighted by atomic mass is 10.1. The van der Waals surface area contributed by atoms with Crippen LogP contribution in [-0.2, 0) is 6.18 Å². The number of halogens is 5. The minimum Gasteiger partial charge on any atom is -0.358 e. The molecule has 0 amide bonds. The molecule has 0 aromatic carbocycles. The molecule has 0 saturated carbocycles. The summed E-state index contributed by atoms with van der Waals surface area (Å²) in [4.78, 5) is 1.47. The molecule has 0 spiro atoms. The number of alkyl halides is 5. The maximum atomic E-state index is 13.5. The van der Waals surface area contributed by atoms with Crippen LogP contribution in [-0.4, -0.2) is 47.2 Å². The maximum Gasteiger partial charge on any atom is 0.445 e. The van der Waals surface area contributed by atoms with Crippen LogP contribution < -0.4 is 5.32 Å². The van der Waals surface area contributed by atoms with Gasteiger partial charge in [0.25, 0.3) is 5.92 Å². The molecule has 108 valence electrons. The summed E-state index contributed by atoms with van der Waals surface area (Å²) in [5.41, 5.74) is 0. The summed E-state index contributed by atoms with van der Waals surface area (Å²) < 4.78 is 63.8. The largest absolute Gasteiger partial charge is 0.445 e. The van der Waals surface area contributed by atoms with Gasteiger partial charge in [-0.2, -0.15) is 13.2 Å². The summed E-state index contributed by atoms with van der Waals surface area (Å²) in [6.45, 7) is 0.0826. The van der Waals surface area contributed by atoms with Gasteiger partial charge in [-0.3, -0.25) is 4.90 Å². The van der Waals surface area contributed by atoms with Gasteiger partial charge < -0.3 is 5.32 Å². The van der Waals surface area contributed by atoms with E-state index in [2.05, 4.69) is 15.5 Å². The van der Waals surface area contributed by atoms with Crippen molar-refractivity contribution in [1.82, 2.24) is 15.1 Å². The van der Waals surface area contributed by atoms with Crippen LogP contribution in [0.5, 0.6) is 0 Å². The van der Waals surface area contributed by atoms with E-state index in [9.17, 15) is 22.0 Å². The van der Waals surface area contributed by atoms with Crippen LogP contribution >= 0.6 is 11.3 Å². The summed E-state index contributed by atoms with van der Waals surface area (Å²) in [6, 6.07) is -1.05. The first-order chi connectivity index (χ1) is 8.70. The predicted molar refractivity (Wildman–Crippen MR) is 59.4 cm³/mol. The zero-order chi connectivity index (χ0) is 14.3. The molecule has 0 unspecified atom stereocenters. The third-order valence-corrected chi connectivity index (χ3v) is 3.86. The van der Waals surface area contributed by atoms with E-state index in [0.717, 1.165) is 0 Å². The molecule has 19 heavy (non-hydrogen) atoms. The van der Waals surface area contributed by atoms with Gasteiger partial charge in [0.2, 0.25) is 10.1 Å². The number of hydrogen-bond donors (Lipinski definition) is 1. The number of anilines is 1. The Kier molecular flexibility index (Phi) is 3.65. The second-order valence-electron chi connectivity index (χ2n) is 4.30. The van der Waals surface area contributed by atoms with E-state index < -0.39 is 23.1 Å². The van der Waals surface area contributed by atoms with Gasteiger partial charge in [-0.05, 0) is 7.05 Å². The minimum atomic E-state index is -4.56. The summed E-state index contributed by atoms with van der Waals surface area (Å²) in [6.07, 6.45) is -4.81. The molecular formula is C9H11F5N4S. The summed E-state index contributed by atoms with van der Waals surface area (Å²) in [5, 5.41) is 7.54. The first-order valence-electron chi connectivity index (χ1n) is 5.43. The van der Waals surface area contributed by atoms with Crippen molar-refractivity contribution in [2.24, 2.45) is 0 Å². The molecule has 2 heterocycles. The molecule has 2 rings (SSSR count). The standard InChI is InChI=1S/C9H11F5N4S/c1-18-3-2-8(10,11)5(18)4-15-7-17-16-6(19-7)9(12,13)14/h5H,2-4H2,1H3,(H,15,17)/t5-/m1/s1. The number of hydrogen-bond acceptors (Lipinski definition) is 5. The third-order valence-electron chi connectivity index (χ3n) is 2.93. The lowest BCUT2D eigenvalue weighted by Crippen LogP contribution is -2.42. The van der Waals surface area contributed by atoms with Gasteiger partial charge in [-0.1, -0.05) is 11.3 Å². The fourth-order valence-electron chi connectivity index (χ4n) is 1.87. The van der Waals surface area contributed by atoms with Crippen LogP contribution in [0.4, 0.5) is 27.1 Å². The van der Waals surface area contributed by atoms with Crippen molar-refractivity contribution in [3.05, 3.63) is 5.01 Å². The lowest BCUT2D eigenvalue weighted by Gasteiger charge is -2.24. The Morgan fingerprint density at radius 2 is 2.11 bits per heavy atom. The molecule has 1 N–H and O–H groups in total. The van der Waals surface area contributed by atoms with Crippen LogP contribution in [0.25, 0.3) is 0 Å². The van der Waals surface area contributed by atoms with Gasteiger partial charge in [-0.25, -0.2) is 8.78 Å². The molecule has 1 aromatic heterocycles. The predicted octanol–water partition coefficient (Wildman–Crippen LogP) is 2.31. The van der Waals surface area contributed by atoms with E-state index in [1.165, 1.54) is 4.90 Å². The van der Waals surface area contributed by atoms with Crippen LogP contribution in [0, 0.1) is 0 Å². The van der Waals surface area contributed by atoms with Crippen molar-refractivity contribution in [3.63, 3.8) is 0 Å². The first-order valence-corrected chi connectivity index (χ1v) is 6.24. The lowest BCUT2D eigenvalue weighted by molar-refractivity contribution is -0.138. The number of likely N-dealkylation sites (N-methyl/N-ethyl adjacent to an activating group) is 1. The van der Waals surface area contributed by atoms with Crippen molar-refractivity contribution in [2.45, 2.75) is 24.6 Å². The monoisotopic (exact) mass is 302 g/mol. The van der Waals surface area contributed by atoms with Gasteiger partial charge in [-0.15, -0.1) is 10.2 Å².